The first-order valence-corrected chi connectivity index (χ1v) is 13.6. The van der Waals surface area contributed by atoms with Crippen molar-refractivity contribution in [3.05, 3.63) is 81.8 Å². The Hall–Kier alpha value is -3.39. The molecule has 6 nitrogen and oxygen atoms in total. The molecule has 1 N–H and O–H groups in total. The number of carbonyl (C=O) groups is 2. The minimum Gasteiger partial charge on any atom is -0.488 e. The number of hydrogen-bond donors (Lipinski definition) is 1. The topological polar surface area (TPSA) is 61.9 Å². The Labute approximate surface area is 222 Å². The number of nitrogens with zero attached hydrogens (tertiary/aromatic N) is 2. The van der Waals surface area contributed by atoms with Gasteiger partial charge in [-0.2, -0.15) is 0 Å². The number of urea groups is 1. The summed E-state index contributed by atoms with van der Waals surface area (Å²) >= 11 is 1.66. The standard InChI is InChI=1S/C29H34FN3O3S/c1-4-20(2)17-32(29(35)31-22-11-9-21(3)10-12-22)18-28(34)33-15-13-27-23(14-16-37-27)25(33)19-36-26-8-6-5-7-24(26)30/h5-12,14,16,20,25H,4,13,15,17-19H2,1-3H3,(H,31,35). The van der Waals surface area contributed by atoms with Crippen LogP contribution >= 0.6 is 11.3 Å². The Bertz CT molecular complexity index is 1210. The fourth-order valence-electron chi connectivity index (χ4n) is 4.42. The average molecular weight is 524 g/mol. The van der Waals surface area contributed by atoms with Crippen molar-refractivity contribution < 1.29 is 18.7 Å². The number of rotatable bonds is 9. The van der Waals surface area contributed by atoms with Gasteiger partial charge in [0.15, 0.2) is 11.6 Å². The predicted octanol–water partition coefficient (Wildman–Crippen LogP) is 6.28. The van der Waals surface area contributed by atoms with Crippen molar-refractivity contribution in [3.8, 4) is 5.75 Å². The van der Waals surface area contributed by atoms with Crippen molar-refractivity contribution in [3.63, 3.8) is 0 Å². The zero-order valence-electron chi connectivity index (χ0n) is 21.6. The molecule has 0 saturated carbocycles. The second-order valence-electron chi connectivity index (χ2n) is 9.58. The molecule has 0 spiro atoms. The Morgan fingerprint density at radius 1 is 1.19 bits per heavy atom. The Morgan fingerprint density at radius 3 is 2.68 bits per heavy atom. The van der Waals surface area contributed by atoms with Crippen LogP contribution in [0.15, 0.2) is 60.0 Å². The van der Waals surface area contributed by atoms with Crippen LogP contribution in [0.1, 0.15) is 42.3 Å². The van der Waals surface area contributed by atoms with Crippen LogP contribution in [-0.4, -0.2) is 48.0 Å². The zero-order valence-corrected chi connectivity index (χ0v) is 22.4. The van der Waals surface area contributed by atoms with Crippen LogP contribution in [0.3, 0.4) is 0 Å². The van der Waals surface area contributed by atoms with E-state index in [1.54, 1.807) is 39.3 Å². The molecule has 1 aromatic heterocycles. The van der Waals surface area contributed by atoms with Gasteiger partial charge < -0.3 is 19.9 Å². The molecule has 0 saturated heterocycles. The number of aryl methyl sites for hydroxylation is 1. The van der Waals surface area contributed by atoms with E-state index in [-0.39, 0.29) is 42.8 Å². The van der Waals surface area contributed by atoms with Gasteiger partial charge in [0, 0.05) is 23.7 Å². The minimum absolute atomic E-state index is 0.0439. The van der Waals surface area contributed by atoms with Crippen molar-refractivity contribution in [2.24, 2.45) is 5.92 Å². The SMILES string of the molecule is CCC(C)CN(CC(=O)N1CCc2sccc2C1COc1ccccc1F)C(=O)Nc1ccc(C)cc1. The van der Waals surface area contributed by atoms with Crippen molar-refractivity contribution in [1.29, 1.82) is 0 Å². The summed E-state index contributed by atoms with van der Waals surface area (Å²) in [5, 5.41) is 4.95. The molecule has 8 heteroatoms. The molecule has 0 bridgehead atoms. The highest BCUT2D eigenvalue weighted by molar-refractivity contribution is 7.10. The molecule has 0 radical (unpaired) electrons. The predicted molar refractivity (Wildman–Crippen MR) is 146 cm³/mol. The van der Waals surface area contributed by atoms with Crippen molar-refractivity contribution in [1.82, 2.24) is 9.80 Å². The smallest absolute Gasteiger partial charge is 0.322 e. The number of nitrogens with one attached hydrogen (secondary N) is 1. The van der Waals surface area contributed by atoms with Crippen LogP contribution in [0, 0.1) is 18.7 Å². The van der Waals surface area contributed by atoms with Gasteiger partial charge in [0.05, 0.1) is 6.04 Å². The molecule has 3 aromatic rings. The molecule has 2 heterocycles. The molecule has 2 atom stereocenters. The van der Waals surface area contributed by atoms with E-state index in [1.807, 2.05) is 42.6 Å². The number of benzene rings is 2. The monoisotopic (exact) mass is 523 g/mol. The number of fused-ring (bicyclic) bond motifs is 1. The molecule has 2 aromatic carbocycles. The summed E-state index contributed by atoms with van der Waals surface area (Å²) in [6.45, 7) is 7.21. The molecular weight excluding hydrogens is 489 g/mol. The highest BCUT2D eigenvalue weighted by Crippen LogP contribution is 2.34. The quantitative estimate of drug-likeness (QED) is 0.359. The lowest BCUT2D eigenvalue weighted by Crippen LogP contribution is -2.49. The first-order valence-electron chi connectivity index (χ1n) is 12.7. The molecule has 37 heavy (non-hydrogen) atoms. The molecular formula is C29H34FN3O3S. The van der Waals surface area contributed by atoms with Gasteiger partial charge in [-0.05, 0) is 60.5 Å². The third kappa shape index (κ3) is 6.68. The van der Waals surface area contributed by atoms with Crippen LogP contribution in [0.2, 0.25) is 0 Å². The van der Waals surface area contributed by atoms with E-state index in [1.165, 1.54) is 10.9 Å². The van der Waals surface area contributed by atoms with Crippen LogP contribution < -0.4 is 10.1 Å². The highest BCUT2D eigenvalue weighted by atomic mass is 32.1. The van der Waals surface area contributed by atoms with E-state index in [0.29, 0.717) is 18.8 Å². The highest BCUT2D eigenvalue weighted by Gasteiger charge is 2.34. The van der Waals surface area contributed by atoms with E-state index >= 15 is 0 Å². The molecule has 196 valence electrons. The summed E-state index contributed by atoms with van der Waals surface area (Å²) in [5.74, 6) is -0.190. The summed E-state index contributed by atoms with van der Waals surface area (Å²) in [6, 6.07) is 15.2. The van der Waals surface area contributed by atoms with Gasteiger partial charge in [-0.25, -0.2) is 9.18 Å². The summed E-state index contributed by atoms with van der Waals surface area (Å²) in [6.07, 6.45) is 1.64. The number of para-hydroxylation sites is 1. The third-order valence-electron chi connectivity index (χ3n) is 6.79. The van der Waals surface area contributed by atoms with Gasteiger partial charge in [-0.3, -0.25) is 4.79 Å². The van der Waals surface area contributed by atoms with E-state index in [9.17, 15) is 14.0 Å². The number of anilines is 1. The number of hydrogen-bond acceptors (Lipinski definition) is 4. The third-order valence-corrected chi connectivity index (χ3v) is 7.79. The summed E-state index contributed by atoms with van der Waals surface area (Å²) in [5.41, 5.74) is 2.82. The van der Waals surface area contributed by atoms with Gasteiger partial charge >= 0.3 is 6.03 Å². The van der Waals surface area contributed by atoms with Crippen LogP contribution in [0.4, 0.5) is 14.9 Å². The maximum atomic E-state index is 14.2. The Kier molecular flexibility index (Phi) is 8.82. The van der Waals surface area contributed by atoms with Gasteiger partial charge in [0.2, 0.25) is 5.91 Å². The first-order chi connectivity index (χ1) is 17.9. The normalized spacial score (nSPS) is 15.6. The van der Waals surface area contributed by atoms with Crippen molar-refractivity contribution >= 4 is 29.0 Å². The van der Waals surface area contributed by atoms with Crippen molar-refractivity contribution in [2.45, 2.75) is 39.7 Å². The Balaban J connectivity index is 1.51. The number of carbonyl (C=O) groups excluding carboxylic acids is 2. The fraction of sp³-hybridized carbons (Fsp3) is 0.379. The number of thiophene rings is 1. The van der Waals surface area contributed by atoms with Gasteiger partial charge in [0.25, 0.3) is 0 Å². The zero-order chi connectivity index (χ0) is 26.4. The van der Waals surface area contributed by atoms with E-state index in [0.717, 1.165) is 24.0 Å². The lowest BCUT2D eigenvalue weighted by molar-refractivity contribution is -0.135. The lowest BCUT2D eigenvalue weighted by atomic mass is 10.00. The molecule has 4 rings (SSSR count). The molecule has 0 aliphatic carbocycles. The van der Waals surface area contributed by atoms with Gasteiger partial charge in [0.1, 0.15) is 13.2 Å². The molecule has 2 unspecified atom stereocenters. The summed E-state index contributed by atoms with van der Waals surface area (Å²) in [4.78, 5) is 31.5. The number of halogens is 1. The number of amides is 3. The molecule has 1 aliphatic rings. The van der Waals surface area contributed by atoms with E-state index in [2.05, 4.69) is 19.2 Å². The molecule has 1 aliphatic heterocycles. The second kappa shape index (κ2) is 12.2. The first kappa shape index (κ1) is 26.7. The molecule has 3 amide bonds. The maximum Gasteiger partial charge on any atom is 0.322 e. The van der Waals surface area contributed by atoms with Gasteiger partial charge in [-0.15, -0.1) is 11.3 Å². The largest absolute Gasteiger partial charge is 0.488 e. The summed E-state index contributed by atoms with van der Waals surface area (Å²) < 4.78 is 20.0. The fourth-order valence-corrected chi connectivity index (χ4v) is 5.35. The lowest BCUT2D eigenvalue weighted by Gasteiger charge is -2.37. The maximum absolute atomic E-state index is 14.2. The van der Waals surface area contributed by atoms with Gasteiger partial charge in [-0.1, -0.05) is 50.1 Å². The summed E-state index contributed by atoms with van der Waals surface area (Å²) in [7, 11) is 0. The van der Waals surface area contributed by atoms with Crippen LogP contribution in [0.25, 0.3) is 0 Å². The average Bonchev–Trinajstić information content (AvgIpc) is 3.38. The second-order valence-corrected chi connectivity index (χ2v) is 10.6. The Morgan fingerprint density at radius 2 is 1.95 bits per heavy atom. The minimum atomic E-state index is -0.436. The van der Waals surface area contributed by atoms with Crippen LogP contribution in [-0.2, 0) is 11.2 Å². The van der Waals surface area contributed by atoms with Crippen molar-refractivity contribution in [2.75, 3.05) is 31.6 Å². The van der Waals surface area contributed by atoms with E-state index < -0.39 is 5.82 Å². The molecule has 0 fully saturated rings. The number of ether oxygens (including phenoxy) is 1. The van der Waals surface area contributed by atoms with E-state index in [4.69, 9.17) is 4.74 Å². The van der Waals surface area contributed by atoms with Crippen LogP contribution in [0.5, 0.6) is 5.75 Å².